The lowest BCUT2D eigenvalue weighted by atomic mass is 10.1. The third kappa shape index (κ3) is 3.10. The summed E-state index contributed by atoms with van der Waals surface area (Å²) >= 11 is 0. The van der Waals surface area contributed by atoms with Gasteiger partial charge in [0.25, 0.3) is 0 Å². The van der Waals surface area contributed by atoms with Crippen molar-refractivity contribution in [3.63, 3.8) is 0 Å². The molecule has 1 atom stereocenters. The molecule has 0 fully saturated rings. The van der Waals surface area contributed by atoms with E-state index in [4.69, 9.17) is 0 Å². The van der Waals surface area contributed by atoms with Crippen molar-refractivity contribution in [2.24, 2.45) is 0 Å². The molecule has 2 N–H and O–H groups in total. The first-order valence-electron chi connectivity index (χ1n) is 6.15. The Morgan fingerprint density at radius 1 is 1.40 bits per heavy atom. The van der Waals surface area contributed by atoms with Gasteiger partial charge in [-0.15, -0.1) is 0 Å². The summed E-state index contributed by atoms with van der Waals surface area (Å²) < 4.78 is 0. The fraction of sp³-hybridized carbons (Fsp3) is 0.214. The molecule has 6 heteroatoms. The van der Waals surface area contributed by atoms with Gasteiger partial charge in [-0.25, -0.2) is 4.98 Å². The third-order valence-electron chi connectivity index (χ3n) is 2.90. The van der Waals surface area contributed by atoms with Crippen molar-refractivity contribution in [3.8, 4) is 0 Å². The van der Waals surface area contributed by atoms with Crippen LogP contribution < -0.4 is 5.32 Å². The number of rotatable bonds is 5. The van der Waals surface area contributed by atoms with Crippen LogP contribution in [0, 0.1) is 17.0 Å². The molecule has 1 unspecified atom stereocenters. The first-order valence-corrected chi connectivity index (χ1v) is 6.15. The molecule has 2 rings (SSSR count). The monoisotopic (exact) mass is 273 g/mol. The smallest absolute Gasteiger partial charge is 0.311 e. The van der Waals surface area contributed by atoms with Crippen LogP contribution in [0.15, 0.2) is 42.6 Å². The van der Waals surface area contributed by atoms with Crippen LogP contribution in [0.2, 0.25) is 0 Å². The molecule has 1 heterocycles. The van der Waals surface area contributed by atoms with Gasteiger partial charge in [-0.1, -0.05) is 30.3 Å². The number of aliphatic hydroxyl groups is 1. The SMILES string of the molecule is Cc1cnc(NC(CO)c2ccccc2)c([N+](=O)[O-])c1. The first kappa shape index (κ1) is 14.0. The molecule has 0 aliphatic rings. The Balaban J connectivity index is 2.31. The Morgan fingerprint density at radius 3 is 2.70 bits per heavy atom. The second-order valence-electron chi connectivity index (χ2n) is 4.43. The lowest BCUT2D eigenvalue weighted by Gasteiger charge is -2.17. The molecule has 0 spiro atoms. The van der Waals surface area contributed by atoms with E-state index in [9.17, 15) is 15.2 Å². The Kier molecular flexibility index (Phi) is 4.27. The normalized spacial score (nSPS) is 11.9. The van der Waals surface area contributed by atoms with Gasteiger partial charge in [-0.3, -0.25) is 10.1 Å². The summed E-state index contributed by atoms with van der Waals surface area (Å²) in [5, 5.41) is 23.4. The minimum Gasteiger partial charge on any atom is -0.394 e. The van der Waals surface area contributed by atoms with Crippen molar-refractivity contribution in [1.29, 1.82) is 0 Å². The summed E-state index contributed by atoms with van der Waals surface area (Å²) in [6.07, 6.45) is 1.55. The van der Waals surface area contributed by atoms with E-state index in [0.717, 1.165) is 5.56 Å². The summed E-state index contributed by atoms with van der Waals surface area (Å²) in [5.74, 6) is 0.156. The minimum absolute atomic E-state index is 0.0978. The Bertz CT molecular complexity index is 602. The van der Waals surface area contributed by atoms with Crippen molar-refractivity contribution in [1.82, 2.24) is 4.98 Å². The van der Waals surface area contributed by atoms with Gasteiger partial charge in [0.15, 0.2) is 0 Å². The van der Waals surface area contributed by atoms with Gasteiger partial charge in [-0.2, -0.15) is 0 Å². The Labute approximate surface area is 116 Å². The molecule has 6 nitrogen and oxygen atoms in total. The molecule has 0 saturated carbocycles. The molecule has 1 aromatic carbocycles. The van der Waals surface area contributed by atoms with Crippen molar-refractivity contribution in [2.75, 3.05) is 11.9 Å². The van der Waals surface area contributed by atoms with Gasteiger partial charge in [0.2, 0.25) is 5.82 Å². The van der Waals surface area contributed by atoms with Crippen LogP contribution in [0.25, 0.3) is 0 Å². The number of aromatic nitrogens is 1. The van der Waals surface area contributed by atoms with Crippen LogP contribution in [0.1, 0.15) is 17.2 Å². The third-order valence-corrected chi connectivity index (χ3v) is 2.90. The number of benzene rings is 1. The number of nitro groups is 1. The van der Waals surface area contributed by atoms with Gasteiger partial charge in [0.05, 0.1) is 17.6 Å². The molecular weight excluding hydrogens is 258 g/mol. The quantitative estimate of drug-likeness (QED) is 0.645. The van der Waals surface area contributed by atoms with Crippen LogP contribution in [0.5, 0.6) is 0 Å². The second-order valence-corrected chi connectivity index (χ2v) is 4.43. The highest BCUT2D eigenvalue weighted by atomic mass is 16.6. The molecule has 0 amide bonds. The fourth-order valence-corrected chi connectivity index (χ4v) is 1.89. The standard InChI is InChI=1S/C14H15N3O3/c1-10-7-13(17(19)20)14(15-8-10)16-12(9-18)11-5-3-2-4-6-11/h2-8,12,18H,9H2,1H3,(H,15,16). The van der Waals surface area contributed by atoms with Gasteiger partial charge < -0.3 is 10.4 Å². The number of pyridine rings is 1. The van der Waals surface area contributed by atoms with Crippen LogP contribution in [0.3, 0.4) is 0 Å². The number of hydrogen-bond donors (Lipinski definition) is 2. The van der Waals surface area contributed by atoms with Gasteiger partial charge in [0.1, 0.15) is 0 Å². The van der Waals surface area contributed by atoms with Crippen molar-refractivity contribution in [2.45, 2.75) is 13.0 Å². The van der Waals surface area contributed by atoms with Crippen LogP contribution in [-0.4, -0.2) is 21.6 Å². The molecule has 20 heavy (non-hydrogen) atoms. The van der Waals surface area contributed by atoms with E-state index < -0.39 is 11.0 Å². The molecule has 2 aromatic rings. The average molecular weight is 273 g/mol. The molecule has 0 radical (unpaired) electrons. The summed E-state index contributed by atoms with van der Waals surface area (Å²) in [5.41, 5.74) is 1.45. The maximum Gasteiger partial charge on any atom is 0.311 e. The molecule has 0 aliphatic heterocycles. The molecular formula is C14H15N3O3. The van der Waals surface area contributed by atoms with E-state index in [-0.39, 0.29) is 18.1 Å². The average Bonchev–Trinajstić information content (AvgIpc) is 2.46. The number of nitrogens with zero attached hydrogens (tertiary/aromatic N) is 2. The van der Waals surface area contributed by atoms with Crippen molar-refractivity contribution >= 4 is 11.5 Å². The van der Waals surface area contributed by atoms with Crippen LogP contribution >= 0.6 is 0 Å². The molecule has 1 aromatic heterocycles. The maximum absolute atomic E-state index is 11.0. The number of nitrogens with one attached hydrogen (secondary N) is 1. The maximum atomic E-state index is 11.0. The van der Waals surface area contributed by atoms with Crippen molar-refractivity contribution < 1.29 is 10.0 Å². The highest BCUT2D eigenvalue weighted by molar-refractivity contribution is 5.57. The first-order chi connectivity index (χ1) is 9.61. The van der Waals surface area contributed by atoms with Gasteiger partial charge >= 0.3 is 5.69 Å². The molecule has 0 bridgehead atoms. The summed E-state index contributed by atoms with van der Waals surface area (Å²) in [6.45, 7) is 1.56. The number of anilines is 1. The zero-order valence-corrected chi connectivity index (χ0v) is 11.0. The summed E-state index contributed by atoms with van der Waals surface area (Å²) in [4.78, 5) is 14.6. The van der Waals surface area contributed by atoms with Crippen LogP contribution in [-0.2, 0) is 0 Å². The fourth-order valence-electron chi connectivity index (χ4n) is 1.89. The predicted molar refractivity (Wildman–Crippen MR) is 75.5 cm³/mol. The van der Waals surface area contributed by atoms with E-state index in [2.05, 4.69) is 10.3 Å². The summed E-state index contributed by atoms with van der Waals surface area (Å²) in [6, 6.07) is 10.2. The van der Waals surface area contributed by atoms with Gasteiger partial charge in [0, 0.05) is 12.3 Å². The van der Waals surface area contributed by atoms with Crippen LogP contribution in [0.4, 0.5) is 11.5 Å². The van der Waals surface area contributed by atoms with E-state index in [1.807, 2.05) is 30.3 Å². The molecule has 0 aliphatic carbocycles. The zero-order chi connectivity index (χ0) is 14.5. The second kappa shape index (κ2) is 6.12. The topological polar surface area (TPSA) is 88.3 Å². The number of aliphatic hydroxyl groups excluding tert-OH is 1. The summed E-state index contributed by atoms with van der Waals surface area (Å²) in [7, 11) is 0. The number of hydrogen-bond acceptors (Lipinski definition) is 5. The van der Waals surface area contributed by atoms with Crippen molar-refractivity contribution in [3.05, 3.63) is 63.8 Å². The highest BCUT2D eigenvalue weighted by Gasteiger charge is 2.19. The molecule has 0 saturated heterocycles. The van der Waals surface area contributed by atoms with Gasteiger partial charge in [-0.05, 0) is 18.1 Å². The van der Waals surface area contributed by atoms with E-state index in [1.165, 1.54) is 6.07 Å². The number of aryl methyl sites for hydroxylation is 1. The minimum atomic E-state index is -0.484. The largest absolute Gasteiger partial charge is 0.394 e. The van der Waals surface area contributed by atoms with E-state index >= 15 is 0 Å². The predicted octanol–water partition coefficient (Wildman–Crippen LogP) is 2.44. The lowest BCUT2D eigenvalue weighted by molar-refractivity contribution is -0.384. The van der Waals surface area contributed by atoms with E-state index in [1.54, 1.807) is 13.1 Å². The highest BCUT2D eigenvalue weighted by Crippen LogP contribution is 2.26. The molecule has 104 valence electrons. The lowest BCUT2D eigenvalue weighted by Crippen LogP contribution is -2.16. The Hall–Kier alpha value is -2.47. The Morgan fingerprint density at radius 2 is 2.10 bits per heavy atom. The zero-order valence-electron chi connectivity index (χ0n) is 11.0. The van der Waals surface area contributed by atoms with E-state index in [0.29, 0.717) is 5.56 Å².